The van der Waals surface area contributed by atoms with E-state index in [0.29, 0.717) is 5.39 Å². The van der Waals surface area contributed by atoms with Gasteiger partial charge in [0.25, 0.3) is 15.9 Å². The maximum Gasteiger partial charge on any atom is 0.258 e. The quantitative estimate of drug-likeness (QED) is 0.936. The van der Waals surface area contributed by atoms with Crippen LogP contribution in [0.15, 0.2) is 29.4 Å². The third kappa shape index (κ3) is 2.61. The summed E-state index contributed by atoms with van der Waals surface area (Å²) in [6.45, 7) is 0. The number of benzene rings is 1. The fourth-order valence-corrected chi connectivity index (χ4v) is 4.84. The van der Waals surface area contributed by atoms with Gasteiger partial charge in [0, 0.05) is 30.5 Å². The smallest absolute Gasteiger partial charge is 0.243 e. The first-order valence-electron chi connectivity index (χ1n) is 7.65. The summed E-state index contributed by atoms with van der Waals surface area (Å²) in [5.41, 5.74) is 2.40. The predicted molar refractivity (Wildman–Crippen MR) is 82.1 cm³/mol. The van der Waals surface area contributed by atoms with Gasteiger partial charge >= 0.3 is 0 Å². The van der Waals surface area contributed by atoms with Gasteiger partial charge in [0.2, 0.25) is 0 Å². The average Bonchev–Trinajstić information content (AvgIpc) is 2.88. The Morgan fingerprint density at radius 1 is 1.17 bits per heavy atom. The van der Waals surface area contributed by atoms with Gasteiger partial charge in [0.15, 0.2) is 5.03 Å². The molecule has 2 aliphatic rings. The number of nitrogens with zero attached hydrogens (tertiary/aromatic N) is 1. The molecule has 2 aromatic rings. The molecule has 7 heteroatoms. The van der Waals surface area contributed by atoms with E-state index in [1.165, 1.54) is 11.8 Å². The zero-order valence-corrected chi connectivity index (χ0v) is 13.2. The van der Waals surface area contributed by atoms with E-state index in [1.807, 2.05) is 12.1 Å². The van der Waals surface area contributed by atoms with E-state index in [4.69, 9.17) is 0 Å². The average molecular weight is 338 g/mol. The molecular weight excluding hydrogens is 322 g/mol. The van der Waals surface area contributed by atoms with Gasteiger partial charge in [-0.2, -0.15) is 0 Å². The van der Waals surface area contributed by atoms with Crippen molar-refractivity contribution in [2.75, 3.05) is 0 Å². The van der Waals surface area contributed by atoms with Crippen molar-refractivity contribution < 1.29 is 17.2 Å². The van der Waals surface area contributed by atoms with E-state index in [-0.39, 0.29) is 5.03 Å². The first-order valence-corrected chi connectivity index (χ1v) is 9.13. The molecule has 0 radical (unpaired) electrons. The van der Waals surface area contributed by atoms with Gasteiger partial charge in [-0.1, -0.05) is 6.07 Å². The number of aryl methyl sites for hydroxylation is 2. The number of pyridine rings is 1. The second-order valence-electron chi connectivity index (χ2n) is 6.39. The first-order chi connectivity index (χ1) is 10.8. The Labute approximate surface area is 133 Å². The molecule has 0 unspecified atom stereocenters. The minimum absolute atomic E-state index is 0.0695. The van der Waals surface area contributed by atoms with Crippen LogP contribution in [0.2, 0.25) is 0 Å². The third-order valence-corrected chi connectivity index (χ3v) is 6.08. The van der Waals surface area contributed by atoms with Crippen molar-refractivity contribution in [1.29, 1.82) is 0 Å². The molecule has 2 aliphatic carbocycles. The van der Waals surface area contributed by atoms with Crippen molar-refractivity contribution in [3.8, 4) is 0 Å². The molecule has 0 spiro atoms. The summed E-state index contributed by atoms with van der Waals surface area (Å²) in [7, 11) is -3.91. The number of nitrogens with one attached hydrogen (secondary N) is 1. The molecule has 0 atom stereocenters. The molecule has 4 nitrogen and oxygen atoms in total. The molecule has 4 rings (SSSR count). The molecule has 0 amide bonds. The Balaban J connectivity index is 1.73. The Hall–Kier alpha value is -1.60. The Morgan fingerprint density at radius 2 is 1.87 bits per heavy atom. The van der Waals surface area contributed by atoms with Crippen molar-refractivity contribution in [3.63, 3.8) is 0 Å². The molecule has 1 saturated carbocycles. The monoisotopic (exact) mass is 338 g/mol. The summed E-state index contributed by atoms with van der Waals surface area (Å²) < 4.78 is 53.3. The number of aromatic nitrogens is 1. The molecule has 1 fully saturated rings. The Morgan fingerprint density at radius 3 is 2.57 bits per heavy atom. The Kier molecular flexibility index (Phi) is 3.22. The zero-order chi connectivity index (χ0) is 16.2. The second-order valence-corrected chi connectivity index (χ2v) is 8.02. The van der Waals surface area contributed by atoms with Crippen molar-refractivity contribution in [2.24, 2.45) is 0 Å². The van der Waals surface area contributed by atoms with Gasteiger partial charge in [0.1, 0.15) is 0 Å². The molecule has 0 saturated heterocycles. The molecule has 0 bridgehead atoms. The van der Waals surface area contributed by atoms with Gasteiger partial charge in [-0.05, 0) is 47.9 Å². The highest BCUT2D eigenvalue weighted by atomic mass is 32.2. The van der Waals surface area contributed by atoms with E-state index in [0.717, 1.165) is 30.2 Å². The lowest BCUT2D eigenvalue weighted by Gasteiger charge is -2.34. The number of hydrogen-bond donors (Lipinski definition) is 1. The fraction of sp³-hybridized carbons (Fsp3) is 0.438. The largest absolute Gasteiger partial charge is 0.258 e. The SMILES string of the molecule is O=S(=O)(NC1CC(F)(F)C1)c1nccc2cc3c(cc12)CCC3. The van der Waals surface area contributed by atoms with Gasteiger partial charge in [-0.25, -0.2) is 26.9 Å². The maximum absolute atomic E-state index is 12.9. The van der Waals surface area contributed by atoms with Gasteiger partial charge in [-0.15, -0.1) is 0 Å². The van der Waals surface area contributed by atoms with E-state index in [1.54, 1.807) is 6.07 Å². The predicted octanol–water partition coefficient (Wildman–Crippen LogP) is 2.80. The van der Waals surface area contributed by atoms with Gasteiger partial charge in [-0.3, -0.25) is 0 Å². The number of alkyl halides is 2. The molecule has 1 aromatic carbocycles. The zero-order valence-electron chi connectivity index (χ0n) is 12.4. The summed E-state index contributed by atoms with van der Waals surface area (Å²) >= 11 is 0. The van der Waals surface area contributed by atoms with Crippen LogP contribution in [-0.4, -0.2) is 25.4 Å². The number of sulfonamides is 1. The van der Waals surface area contributed by atoms with Crippen LogP contribution in [0, 0.1) is 0 Å². The van der Waals surface area contributed by atoms with Crippen molar-refractivity contribution in [2.45, 2.75) is 49.1 Å². The minimum atomic E-state index is -3.91. The van der Waals surface area contributed by atoms with E-state index >= 15 is 0 Å². The molecule has 122 valence electrons. The minimum Gasteiger partial charge on any atom is -0.243 e. The van der Waals surface area contributed by atoms with E-state index < -0.39 is 34.8 Å². The molecule has 0 aliphatic heterocycles. The first kappa shape index (κ1) is 15.0. The van der Waals surface area contributed by atoms with Crippen LogP contribution in [0.5, 0.6) is 0 Å². The van der Waals surface area contributed by atoms with Crippen molar-refractivity contribution >= 4 is 20.8 Å². The van der Waals surface area contributed by atoms with Crippen LogP contribution in [0.25, 0.3) is 10.8 Å². The highest BCUT2D eigenvalue weighted by Crippen LogP contribution is 2.38. The normalized spacial score (nSPS) is 20.4. The topological polar surface area (TPSA) is 59.1 Å². The fourth-order valence-electron chi connectivity index (χ4n) is 3.45. The molecule has 1 N–H and O–H groups in total. The van der Waals surface area contributed by atoms with Crippen LogP contribution in [0.4, 0.5) is 8.78 Å². The summed E-state index contributed by atoms with van der Waals surface area (Å²) in [5.74, 6) is -2.76. The van der Waals surface area contributed by atoms with Crippen LogP contribution in [-0.2, 0) is 22.9 Å². The third-order valence-electron chi connectivity index (χ3n) is 4.61. The van der Waals surface area contributed by atoms with Crippen LogP contribution in [0.1, 0.15) is 30.4 Å². The van der Waals surface area contributed by atoms with E-state index in [2.05, 4.69) is 9.71 Å². The summed E-state index contributed by atoms with van der Waals surface area (Å²) in [6.07, 6.45) is 3.55. The number of hydrogen-bond acceptors (Lipinski definition) is 3. The lowest BCUT2D eigenvalue weighted by molar-refractivity contribution is -0.0876. The lowest BCUT2D eigenvalue weighted by atomic mass is 9.89. The standard InChI is InChI=1S/C16H16F2N2O2S/c17-16(18)8-13(9-16)20-23(21,22)15-14-7-11-3-1-2-10(11)6-12(14)4-5-19-15/h4-7,13,20H,1-3,8-9H2. The lowest BCUT2D eigenvalue weighted by Crippen LogP contribution is -2.50. The molecular formula is C16H16F2N2O2S. The molecule has 23 heavy (non-hydrogen) atoms. The Bertz CT molecular complexity index is 888. The maximum atomic E-state index is 12.9. The number of fused-ring (bicyclic) bond motifs is 2. The van der Waals surface area contributed by atoms with Crippen LogP contribution < -0.4 is 4.72 Å². The summed E-state index contributed by atoms with van der Waals surface area (Å²) in [6, 6.07) is 4.95. The molecule has 1 heterocycles. The summed E-state index contributed by atoms with van der Waals surface area (Å²) in [5, 5.41) is 1.31. The van der Waals surface area contributed by atoms with Gasteiger partial charge < -0.3 is 0 Å². The second kappa shape index (κ2) is 4.95. The van der Waals surface area contributed by atoms with Crippen molar-refractivity contribution in [1.82, 2.24) is 9.71 Å². The highest BCUT2D eigenvalue weighted by Gasteiger charge is 2.47. The van der Waals surface area contributed by atoms with Crippen molar-refractivity contribution in [3.05, 3.63) is 35.5 Å². The molecule has 1 aromatic heterocycles. The van der Waals surface area contributed by atoms with Crippen LogP contribution >= 0.6 is 0 Å². The number of halogens is 2. The summed E-state index contributed by atoms with van der Waals surface area (Å²) in [4.78, 5) is 4.01. The highest BCUT2D eigenvalue weighted by molar-refractivity contribution is 7.89. The van der Waals surface area contributed by atoms with Gasteiger partial charge in [0.05, 0.1) is 0 Å². The van der Waals surface area contributed by atoms with Crippen LogP contribution in [0.3, 0.4) is 0 Å². The number of rotatable bonds is 3. The van der Waals surface area contributed by atoms with E-state index in [9.17, 15) is 17.2 Å².